The molecule has 0 spiro atoms. The summed E-state index contributed by atoms with van der Waals surface area (Å²) >= 11 is 5.86. The predicted octanol–water partition coefficient (Wildman–Crippen LogP) is 3.75. The van der Waals surface area contributed by atoms with E-state index in [1.807, 2.05) is 6.07 Å². The maximum Gasteiger partial charge on any atom is 0.275 e. The molecule has 0 aromatic heterocycles. The van der Waals surface area contributed by atoms with E-state index < -0.39 is 5.91 Å². The van der Waals surface area contributed by atoms with Gasteiger partial charge in [0.2, 0.25) is 0 Å². The Labute approximate surface area is 164 Å². The Morgan fingerprint density at radius 2 is 1.78 bits per heavy atom. The average molecular weight is 390 g/mol. The molecule has 27 heavy (non-hydrogen) atoms. The summed E-state index contributed by atoms with van der Waals surface area (Å²) in [7, 11) is 0. The first kappa shape index (κ1) is 20.7. The largest absolute Gasteiger partial charge is 0.508 e. The molecule has 1 amide bonds. The highest BCUT2D eigenvalue weighted by Gasteiger charge is 2.12. The normalized spacial score (nSPS) is 11.7. The number of nitrogens with one attached hydrogen (secondary N) is 1. The maximum absolute atomic E-state index is 12.2. The van der Waals surface area contributed by atoms with Gasteiger partial charge in [0.1, 0.15) is 11.5 Å². The molecule has 0 fully saturated rings. The number of hydrogen-bond donors (Lipinski definition) is 3. The lowest BCUT2D eigenvalue weighted by molar-refractivity contribution is 0.0952. The topological polar surface area (TPSA) is 85.2 Å². The van der Waals surface area contributed by atoms with Crippen LogP contribution < -0.4 is 5.43 Å². The highest BCUT2D eigenvalue weighted by Crippen LogP contribution is 2.22. The minimum absolute atomic E-state index is 0.0481. The van der Waals surface area contributed by atoms with Crippen molar-refractivity contribution in [1.29, 1.82) is 0 Å². The lowest BCUT2D eigenvalue weighted by atomic mass is 10.1. The first-order chi connectivity index (χ1) is 12.8. The molecule has 0 bridgehead atoms. The highest BCUT2D eigenvalue weighted by molar-refractivity contribution is 6.31. The van der Waals surface area contributed by atoms with E-state index in [0.29, 0.717) is 17.3 Å². The van der Waals surface area contributed by atoms with E-state index in [9.17, 15) is 15.0 Å². The SMILES string of the molecule is CCN(CC)Cc1cc(/C(C)=N/NC(=O)c2cc(Cl)ccc2O)ccc1O. The fraction of sp³-hybridized carbons (Fsp3) is 0.300. The third-order valence-corrected chi connectivity index (χ3v) is 4.55. The van der Waals surface area contributed by atoms with Gasteiger partial charge in [0.25, 0.3) is 5.91 Å². The quantitative estimate of drug-likeness (QED) is 0.497. The molecule has 0 saturated heterocycles. The number of halogens is 1. The van der Waals surface area contributed by atoms with Crippen molar-refractivity contribution in [3.8, 4) is 11.5 Å². The van der Waals surface area contributed by atoms with E-state index in [1.54, 1.807) is 19.1 Å². The number of phenols is 2. The molecule has 0 heterocycles. The second kappa shape index (κ2) is 9.39. The number of hydrogen-bond acceptors (Lipinski definition) is 5. The molecule has 7 heteroatoms. The van der Waals surface area contributed by atoms with Crippen LogP contribution in [0.4, 0.5) is 0 Å². The van der Waals surface area contributed by atoms with Crippen LogP contribution in [0.2, 0.25) is 5.02 Å². The molecule has 0 aliphatic heterocycles. The van der Waals surface area contributed by atoms with Gasteiger partial charge in [0.05, 0.1) is 11.3 Å². The summed E-state index contributed by atoms with van der Waals surface area (Å²) in [5.41, 5.74) is 4.62. The summed E-state index contributed by atoms with van der Waals surface area (Å²) < 4.78 is 0. The van der Waals surface area contributed by atoms with Gasteiger partial charge in [-0.25, -0.2) is 5.43 Å². The first-order valence-electron chi connectivity index (χ1n) is 8.73. The number of rotatable bonds is 7. The van der Waals surface area contributed by atoms with Crippen LogP contribution in [0.5, 0.6) is 11.5 Å². The van der Waals surface area contributed by atoms with Gasteiger partial charge >= 0.3 is 0 Å². The van der Waals surface area contributed by atoms with Gasteiger partial charge in [-0.1, -0.05) is 25.4 Å². The number of amides is 1. The molecular formula is C20H24ClN3O3. The van der Waals surface area contributed by atoms with E-state index in [0.717, 1.165) is 24.2 Å². The summed E-state index contributed by atoms with van der Waals surface area (Å²) in [6.45, 7) is 8.28. The Morgan fingerprint density at radius 1 is 1.11 bits per heavy atom. The summed E-state index contributed by atoms with van der Waals surface area (Å²) in [5, 5.41) is 24.3. The number of nitrogens with zero attached hydrogens (tertiary/aromatic N) is 2. The van der Waals surface area contributed by atoms with E-state index in [1.165, 1.54) is 18.2 Å². The summed E-state index contributed by atoms with van der Waals surface area (Å²) in [4.78, 5) is 14.4. The summed E-state index contributed by atoms with van der Waals surface area (Å²) in [6, 6.07) is 9.44. The van der Waals surface area contributed by atoms with E-state index in [2.05, 4.69) is 29.3 Å². The van der Waals surface area contributed by atoms with Gasteiger partial charge < -0.3 is 10.2 Å². The fourth-order valence-corrected chi connectivity index (χ4v) is 2.75. The minimum atomic E-state index is -0.559. The van der Waals surface area contributed by atoms with Gasteiger partial charge in [0, 0.05) is 17.1 Å². The zero-order valence-corrected chi connectivity index (χ0v) is 16.4. The number of carbonyl (C=O) groups excluding carboxylic acids is 1. The first-order valence-corrected chi connectivity index (χ1v) is 9.11. The number of benzene rings is 2. The van der Waals surface area contributed by atoms with Crippen LogP contribution in [0.15, 0.2) is 41.5 Å². The van der Waals surface area contributed by atoms with Crippen molar-refractivity contribution in [3.63, 3.8) is 0 Å². The average Bonchev–Trinajstić information content (AvgIpc) is 2.67. The Balaban J connectivity index is 2.18. The highest BCUT2D eigenvalue weighted by atomic mass is 35.5. The maximum atomic E-state index is 12.2. The third kappa shape index (κ3) is 5.45. The smallest absolute Gasteiger partial charge is 0.275 e. The van der Waals surface area contributed by atoms with Crippen LogP contribution in [-0.2, 0) is 6.54 Å². The number of aromatic hydroxyl groups is 2. The fourth-order valence-electron chi connectivity index (χ4n) is 2.57. The van der Waals surface area contributed by atoms with Crippen molar-refractivity contribution >= 4 is 23.2 Å². The Kier molecular flexibility index (Phi) is 7.21. The third-order valence-electron chi connectivity index (χ3n) is 4.31. The van der Waals surface area contributed by atoms with Crippen LogP contribution in [0.3, 0.4) is 0 Å². The van der Waals surface area contributed by atoms with Gasteiger partial charge in [-0.3, -0.25) is 9.69 Å². The van der Waals surface area contributed by atoms with Crippen LogP contribution in [0.1, 0.15) is 42.3 Å². The number of carbonyl (C=O) groups is 1. The van der Waals surface area contributed by atoms with Gasteiger partial charge in [-0.15, -0.1) is 0 Å². The van der Waals surface area contributed by atoms with Crippen LogP contribution in [-0.4, -0.2) is 39.8 Å². The van der Waals surface area contributed by atoms with Crippen LogP contribution in [0.25, 0.3) is 0 Å². The van der Waals surface area contributed by atoms with Crippen molar-refractivity contribution in [2.45, 2.75) is 27.3 Å². The molecule has 0 radical (unpaired) electrons. The monoisotopic (exact) mass is 389 g/mol. The Hall–Kier alpha value is -2.57. The summed E-state index contributed by atoms with van der Waals surface area (Å²) in [6.07, 6.45) is 0. The van der Waals surface area contributed by atoms with Gasteiger partial charge in [-0.2, -0.15) is 5.10 Å². The van der Waals surface area contributed by atoms with Crippen molar-refractivity contribution < 1.29 is 15.0 Å². The molecule has 144 valence electrons. The Bertz CT molecular complexity index is 848. The molecule has 0 aliphatic carbocycles. The zero-order chi connectivity index (χ0) is 20.0. The summed E-state index contributed by atoms with van der Waals surface area (Å²) in [5.74, 6) is -0.501. The lowest BCUT2D eigenvalue weighted by Gasteiger charge is -2.19. The van der Waals surface area contributed by atoms with Crippen molar-refractivity contribution in [2.24, 2.45) is 5.10 Å². The predicted molar refractivity (Wildman–Crippen MR) is 108 cm³/mol. The molecule has 0 aliphatic rings. The zero-order valence-electron chi connectivity index (χ0n) is 15.7. The lowest BCUT2D eigenvalue weighted by Crippen LogP contribution is -2.22. The van der Waals surface area contributed by atoms with Crippen molar-refractivity contribution in [2.75, 3.05) is 13.1 Å². The molecule has 0 saturated carbocycles. The molecule has 0 unspecified atom stereocenters. The molecule has 2 aromatic carbocycles. The molecule has 2 rings (SSSR count). The van der Waals surface area contributed by atoms with E-state index >= 15 is 0 Å². The molecular weight excluding hydrogens is 366 g/mol. The Morgan fingerprint density at radius 3 is 2.44 bits per heavy atom. The second-order valence-electron chi connectivity index (χ2n) is 6.10. The molecule has 0 atom stereocenters. The number of hydrazone groups is 1. The van der Waals surface area contributed by atoms with Crippen molar-refractivity contribution in [3.05, 3.63) is 58.1 Å². The molecule has 3 N–H and O–H groups in total. The van der Waals surface area contributed by atoms with Gasteiger partial charge in [0.15, 0.2) is 0 Å². The van der Waals surface area contributed by atoms with Crippen LogP contribution >= 0.6 is 11.6 Å². The second-order valence-corrected chi connectivity index (χ2v) is 6.54. The van der Waals surface area contributed by atoms with E-state index in [4.69, 9.17) is 11.6 Å². The van der Waals surface area contributed by atoms with Crippen molar-refractivity contribution in [1.82, 2.24) is 10.3 Å². The van der Waals surface area contributed by atoms with Crippen LogP contribution in [0, 0.1) is 0 Å². The molecule has 6 nitrogen and oxygen atoms in total. The number of phenolic OH excluding ortho intramolecular Hbond substituents is 2. The van der Waals surface area contributed by atoms with E-state index in [-0.39, 0.29) is 17.1 Å². The standard InChI is InChI=1S/C20H24ClN3O3/c1-4-24(5-2)12-15-10-14(6-8-18(15)25)13(3)22-23-20(27)17-11-16(21)7-9-19(17)26/h6-11,25-26H,4-5,12H2,1-3H3,(H,23,27)/b22-13+. The van der Waals surface area contributed by atoms with Gasteiger partial charge in [-0.05, 0) is 62.0 Å². The minimum Gasteiger partial charge on any atom is -0.508 e. The molecule has 2 aromatic rings.